The van der Waals surface area contributed by atoms with Gasteiger partial charge in [-0.15, -0.1) is 0 Å². The highest BCUT2D eigenvalue weighted by Crippen LogP contribution is 2.24. The van der Waals surface area contributed by atoms with E-state index in [0.717, 1.165) is 24.5 Å². The van der Waals surface area contributed by atoms with Crippen molar-refractivity contribution in [3.05, 3.63) is 95.5 Å². The molecule has 8 heteroatoms. The summed E-state index contributed by atoms with van der Waals surface area (Å²) in [4.78, 5) is 23.8. The van der Waals surface area contributed by atoms with Crippen LogP contribution in [0.5, 0.6) is 0 Å². The molecule has 0 aliphatic carbocycles. The molecule has 0 unspecified atom stereocenters. The summed E-state index contributed by atoms with van der Waals surface area (Å²) in [5, 5.41) is 3.46. The Hall–Kier alpha value is -3.52. The number of thioether (sulfide) groups is 1. The zero-order chi connectivity index (χ0) is 23.0. The van der Waals surface area contributed by atoms with Gasteiger partial charge in [0.15, 0.2) is 10.9 Å². The van der Waals surface area contributed by atoms with Crippen LogP contribution in [-0.2, 0) is 25.3 Å². The lowest BCUT2D eigenvalue weighted by Crippen LogP contribution is -2.21. The number of hydrogen-bond donors (Lipinski definition) is 1. The maximum atomic E-state index is 12.3. The highest BCUT2D eigenvalue weighted by Gasteiger charge is 2.14. The first-order chi connectivity index (χ1) is 16.1. The summed E-state index contributed by atoms with van der Waals surface area (Å²) in [5.74, 6) is 2.77. The molecule has 0 saturated heterocycles. The lowest BCUT2D eigenvalue weighted by atomic mass is 10.2. The number of hydrogen-bond acceptors (Lipinski definition) is 7. The van der Waals surface area contributed by atoms with Gasteiger partial charge in [0, 0.05) is 25.4 Å². The van der Waals surface area contributed by atoms with E-state index in [9.17, 15) is 4.79 Å². The fraction of sp³-hybridized carbons (Fsp3) is 0.240. The first kappa shape index (κ1) is 22.7. The van der Waals surface area contributed by atoms with Crippen LogP contribution in [0, 0.1) is 0 Å². The number of carbonyl (C=O) groups excluding carboxylic acids is 1. The van der Waals surface area contributed by atoms with E-state index in [1.54, 1.807) is 30.5 Å². The lowest BCUT2D eigenvalue weighted by molar-refractivity contribution is 0.0919. The van der Waals surface area contributed by atoms with E-state index in [-0.39, 0.29) is 11.7 Å². The van der Waals surface area contributed by atoms with Gasteiger partial charge in [-0.05, 0) is 36.2 Å². The number of amides is 1. The molecule has 3 aromatic heterocycles. The molecule has 0 fully saturated rings. The third-order valence-electron chi connectivity index (χ3n) is 4.99. The second-order valence-corrected chi connectivity index (χ2v) is 8.45. The molecule has 4 aromatic rings. The maximum Gasteiger partial charge on any atom is 0.287 e. The predicted octanol–water partition coefficient (Wildman–Crippen LogP) is 5.08. The molecule has 4 rings (SSSR count). The van der Waals surface area contributed by atoms with E-state index in [1.807, 2.05) is 31.3 Å². The third-order valence-corrected chi connectivity index (χ3v) is 5.86. The summed E-state index contributed by atoms with van der Waals surface area (Å²) in [7, 11) is 2.03. The van der Waals surface area contributed by atoms with Crippen molar-refractivity contribution in [2.75, 3.05) is 11.9 Å². The first-order valence-electron chi connectivity index (χ1n) is 10.8. The largest absolute Gasteiger partial charge is 0.467 e. The van der Waals surface area contributed by atoms with Gasteiger partial charge < -0.3 is 19.1 Å². The fourth-order valence-electron chi connectivity index (χ4n) is 3.22. The highest BCUT2D eigenvalue weighted by atomic mass is 32.2. The molecule has 0 aliphatic heterocycles. The zero-order valence-corrected chi connectivity index (χ0v) is 19.5. The molecule has 33 heavy (non-hydrogen) atoms. The predicted molar refractivity (Wildman–Crippen MR) is 128 cm³/mol. The molecule has 3 heterocycles. The number of nitrogens with one attached hydrogen (secondary N) is 1. The van der Waals surface area contributed by atoms with Crippen molar-refractivity contribution in [3.8, 4) is 0 Å². The number of nitrogens with zero attached hydrogens (tertiary/aromatic N) is 3. The van der Waals surface area contributed by atoms with Gasteiger partial charge >= 0.3 is 0 Å². The molecule has 0 aliphatic rings. The Balaban J connectivity index is 1.37. The van der Waals surface area contributed by atoms with Crippen LogP contribution in [-0.4, -0.2) is 22.9 Å². The van der Waals surface area contributed by atoms with E-state index >= 15 is 0 Å². The number of aryl methyl sites for hydroxylation is 1. The molecule has 1 N–H and O–H groups in total. The van der Waals surface area contributed by atoms with E-state index in [1.165, 1.54) is 17.3 Å². The van der Waals surface area contributed by atoms with Gasteiger partial charge in [-0.2, -0.15) is 0 Å². The van der Waals surface area contributed by atoms with Crippen LogP contribution in [0.2, 0.25) is 0 Å². The van der Waals surface area contributed by atoms with Crippen LogP contribution < -0.4 is 10.2 Å². The molecule has 0 atom stereocenters. The molecule has 170 valence electrons. The van der Waals surface area contributed by atoms with Gasteiger partial charge in [0.1, 0.15) is 17.3 Å². The van der Waals surface area contributed by atoms with Gasteiger partial charge in [-0.3, -0.25) is 4.79 Å². The minimum atomic E-state index is -0.281. The Labute approximate surface area is 197 Å². The number of aromatic nitrogens is 2. The van der Waals surface area contributed by atoms with E-state index in [2.05, 4.69) is 34.3 Å². The quantitative estimate of drug-likeness (QED) is 0.260. The van der Waals surface area contributed by atoms with Crippen molar-refractivity contribution in [2.45, 2.75) is 37.3 Å². The van der Waals surface area contributed by atoms with Crippen LogP contribution in [0.3, 0.4) is 0 Å². The summed E-state index contributed by atoms with van der Waals surface area (Å²) in [5.41, 5.74) is 2.21. The summed E-state index contributed by atoms with van der Waals surface area (Å²) >= 11 is 1.49. The number of rotatable bonds is 10. The second kappa shape index (κ2) is 10.9. The summed E-state index contributed by atoms with van der Waals surface area (Å²) in [6, 6.07) is 19.4. The van der Waals surface area contributed by atoms with Crippen molar-refractivity contribution in [1.82, 2.24) is 15.3 Å². The number of benzene rings is 1. The number of furan rings is 2. The molecule has 0 spiro atoms. The fourth-order valence-corrected chi connectivity index (χ4v) is 3.99. The summed E-state index contributed by atoms with van der Waals surface area (Å²) in [6.45, 7) is 3.16. The second-order valence-electron chi connectivity index (χ2n) is 7.51. The lowest BCUT2D eigenvalue weighted by Gasteiger charge is -2.19. The van der Waals surface area contributed by atoms with Gasteiger partial charge in [-0.25, -0.2) is 9.97 Å². The Bertz CT molecular complexity index is 1180. The molecule has 7 nitrogen and oxygen atoms in total. The Morgan fingerprint density at radius 3 is 2.67 bits per heavy atom. The van der Waals surface area contributed by atoms with Crippen LogP contribution in [0.15, 0.2) is 80.9 Å². The topological polar surface area (TPSA) is 84.4 Å². The SMILES string of the molecule is CCc1cc(N(C)Cc2ccccc2)nc(SCc2ccc(C(=O)NCc3ccco3)o2)n1. The van der Waals surface area contributed by atoms with Gasteiger partial charge in [0.2, 0.25) is 0 Å². The smallest absolute Gasteiger partial charge is 0.287 e. The Morgan fingerprint density at radius 1 is 1.06 bits per heavy atom. The van der Waals surface area contributed by atoms with Crippen molar-refractivity contribution in [2.24, 2.45) is 0 Å². The third kappa shape index (κ3) is 6.26. The molecular formula is C25H26N4O3S. The molecule has 1 amide bonds. The zero-order valence-electron chi connectivity index (χ0n) is 18.7. The van der Waals surface area contributed by atoms with E-state index in [4.69, 9.17) is 13.8 Å². The highest BCUT2D eigenvalue weighted by molar-refractivity contribution is 7.98. The summed E-state index contributed by atoms with van der Waals surface area (Å²) in [6.07, 6.45) is 2.40. The minimum Gasteiger partial charge on any atom is -0.467 e. The number of carbonyl (C=O) groups is 1. The maximum absolute atomic E-state index is 12.3. The minimum absolute atomic E-state index is 0.267. The normalized spacial score (nSPS) is 10.8. The van der Waals surface area contributed by atoms with Crippen molar-refractivity contribution >= 4 is 23.5 Å². The van der Waals surface area contributed by atoms with Gasteiger partial charge in [-0.1, -0.05) is 49.0 Å². The molecule has 1 aromatic carbocycles. The van der Waals surface area contributed by atoms with E-state index in [0.29, 0.717) is 29.0 Å². The van der Waals surface area contributed by atoms with Crippen LogP contribution in [0.1, 0.15) is 40.3 Å². The molecule has 0 saturated carbocycles. The van der Waals surface area contributed by atoms with Gasteiger partial charge in [0.25, 0.3) is 5.91 Å². The Kier molecular flexibility index (Phi) is 7.47. The summed E-state index contributed by atoms with van der Waals surface area (Å²) < 4.78 is 10.9. The average molecular weight is 463 g/mol. The van der Waals surface area contributed by atoms with Gasteiger partial charge in [0.05, 0.1) is 18.6 Å². The molecular weight excluding hydrogens is 436 g/mol. The van der Waals surface area contributed by atoms with Crippen molar-refractivity contribution < 1.29 is 13.6 Å². The molecule has 0 radical (unpaired) electrons. The Morgan fingerprint density at radius 2 is 1.91 bits per heavy atom. The van der Waals surface area contributed by atoms with Crippen molar-refractivity contribution in [3.63, 3.8) is 0 Å². The van der Waals surface area contributed by atoms with E-state index < -0.39 is 0 Å². The monoisotopic (exact) mass is 462 g/mol. The van der Waals surface area contributed by atoms with Crippen molar-refractivity contribution in [1.29, 1.82) is 0 Å². The number of anilines is 1. The van der Waals surface area contributed by atoms with Crippen LogP contribution in [0.4, 0.5) is 5.82 Å². The average Bonchev–Trinajstić information content (AvgIpc) is 3.54. The first-order valence-corrected chi connectivity index (χ1v) is 11.7. The van der Waals surface area contributed by atoms with Crippen LogP contribution >= 0.6 is 11.8 Å². The standard InChI is InChI=1S/C25H26N4O3S/c1-3-19-14-23(29(2)16-18-8-5-4-6-9-18)28-25(27-19)33-17-21-11-12-22(32-21)24(30)26-15-20-10-7-13-31-20/h4-14H,3,15-17H2,1-2H3,(H,26,30). The molecule has 0 bridgehead atoms. The van der Waals surface area contributed by atoms with Crippen LogP contribution in [0.25, 0.3) is 0 Å².